The molecule has 0 aromatic heterocycles. The minimum atomic E-state index is 0.413. The number of nitrogens with two attached hydrogens (primary N) is 1. The topological polar surface area (TPSA) is 38.0 Å². The van der Waals surface area contributed by atoms with Crippen molar-refractivity contribution in [1.29, 1.82) is 0 Å². The quantitative estimate of drug-likeness (QED) is 0.845. The molecule has 1 aliphatic carbocycles. The van der Waals surface area contributed by atoms with Gasteiger partial charge in [-0.05, 0) is 43.9 Å². The lowest BCUT2D eigenvalue weighted by Crippen LogP contribution is -2.51. The Hall–Kier alpha value is -0.570. The zero-order chi connectivity index (χ0) is 11.5. The zero-order valence-corrected chi connectivity index (χ0v) is 10.4. The highest BCUT2D eigenvalue weighted by atomic mass is 35.5. The normalized spacial score (nSPS) is 26.2. The lowest BCUT2D eigenvalue weighted by molar-refractivity contribution is 0.270. The smallest absolute Gasteiger partial charge is 0.0408 e. The van der Waals surface area contributed by atoms with E-state index in [9.17, 15) is 0 Å². The summed E-state index contributed by atoms with van der Waals surface area (Å²) in [5.74, 6) is 0. The second-order valence-electron chi connectivity index (χ2n) is 4.83. The van der Waals surface area contributed by atoms with Crippen molar-refractivity contribution in [3.05, 3.63) is 34.9 Å². The van der Waals surface area contributed by atoms with Crippen LogP contribution in [-0.4, -0.2) is 18.1 Å². The van der Waals surface area contributed by atoms with Gasteiger partial charge in [0.25, 0.3) is 0 Å². The van der Waals surface area contributed by atoms with E-state index in [1.165, 1.54) is 5.56 Å². The predicted octanol–water partition coefficient (Wildman–Crippen LogP) is 2.35. The summed E-state index contributed by atoms with van der Waals surface area (Å²) >= 11 is 5.95. The number of hydrogen-bond donors (Lipinski definition) is 2. The van der Waals surface area contributed by atoms with E-state index in [1.54, 1.807) is 0 Å². The van der Waals surface area contributed by atoms with Crippen LogP contribution in [0.1, 0.15) is 25.3 Å². The molecule has 1 saturated carbocycles. The second kappa shape index (κ2) is 5.17. The van der Waals surface area contributed by atoms with E-state index < -0.39 is 0 Å². The van der Waals surface area contributed by atoms with Crippen LogP contribution in [0.15, 0.2) is 24.3 Å². The number of hydrogen-bond acceptors (Lipinski definition) is 2. The maximum atomic E-state index is 5.95. The highest BCUT2D eigenvalue weighted by Gasteiger charge is 2.26. The van der Waals surface area contributed by atoms with Crippen molar-refractivity contribution in [3.63, 3.8) is 0 Å². The zero-order valence-electron chi connectivity index (χ0n) is 9.62. The third-order valence-corrected chi connectivity index (χ3v) is 3.36. The standard InChI is InChI=1S/C13H19ClN2/c1-9(16-13-7-12(15)8-13)5-10-3-2-4-11(14)6-10/h2-4,6,9,12-13,16H,5,7-8,15H2,1H3. The molecule has 88 valence electrons. The average molecular weight is 239 g/mol. The van der Waals surface area contributed by atoms with Gasteiger partial charge in [0, 0.05) is 23.1 Å². The summed E-state index contributed by atoms with van der Waals surface area (Å²) in [6.45, 7) is 2.21. The first-order valence-corrected chi connectivity index (χ1v) is 6.27. The van der Waals surface area contributed by atoms with E-state index in [0.29, 0.717) is 18.1 Å². The molecule has 0 spiro atoms. The van der Waals surface area contributed by atoms with Gasteiger partial charge in [0.2, 0.25) is 0 Å². The molecule has 1 aromatic rings. The second-order valence-corrected chi connectivity index (χ2v) is 5.27. The van der Waals surface area contributed by atoms with Crippen molar-refractivity contribution in [1.82, 2.24) is 5.32 Å². The molecular formula is C13H19ClN2. The van der Waals surface area contributed by atoms with Gasteiger partial charge in [-0.25, -0.2) is 0 Å². The summed E-state index contributed by atoms with van der Waals surface area (Å²) in [6, 6.07) is 9.58. The fraction of sp³-hybridized carbons (Fsp3) is 0.538. The summed E-state index contributed by atoms with van der Waals surface area (Å²) in [4.78, 5) is 0. The Kier molecular flexibility index (Phi) is 3.85. The van der Waals surface area contributed by atoms with Crippen LogP contribution in [0, 0.1) is 0 Å². The van der Waals surface area contributed by atoms with E-state index in [0.717, 1.165) is 24.3 Å². The summed E-state index contributed by atoms with van der Waals surface area (Å²) in [5.41, 5.74) is 7.05. The molecule has 1 atom stereocenters. The van der Waals surface area contributed by atoms with E-state index in [4.69, 9.17) is 17.3 Å². The minimum Gasteiger partial charge on any atom is -0.328 e. The van der Waals surface area contributed by atoms with Crippen molar-refractivity contribution in [2.45, 2.75) is 44.3 Å². The minimum absolute atomic E-state index is 0.413. The van der Waals surface area contributed by atoms with Crippen LogP contribution in [0.2, 0.25) is 5.02 Å². The first-order valence-electron chi connectivity index (χ1n) is 5.89. The van der Waals surface area contributed by atoms with Gasteiger partial charge in [-0.1, -0.05) is 23.7 Å². The molecule has 1 aromatic carbocycles. The van der Waals surface area contributed by atoms with Gasteiger partial charge >= 0.3 is 0 Å². The van der Waals surface area contributed by atoms with Crippen molar-refractivity contribution >= 4 is 11.6 Å². The molecule has 2 nitrogen and oxygen atoms in total. The summed E-state index contributed by atoms with van der Waals surface area (Å²) in [7, 11) is 0. The van der Waals surface area contributed by atoms with Gasteiger partial charge in [-0.3, -0.25) is 0 Å². The average Bonchev–Trinajstić information content (AvgIpc) is 2.15. The van der Waals surface area contributed by atoms with E-state index in [2.05, 4.69) is 18.3 Å². The van der Waals surface area contributed by atoms with E-state index in [1.807, 2.05) is 18.2 Å². The van der Waals surface area contributed by atoms with Gasteiger partial charge in [-0.2, -0.15) is 0 Å². The molecule has 0 aliphatic heterocycles. The molecule has 0 radical (unpaired) electrons. The predicted molar refractivity (Wildman–Crippen MR) is 68.8 cm³/mol. The van der Waals surface area contributed by atoms with Crippen LogP contribution < -0.4 is 11.1 Å². The first-order chi connectivity index (χ1) is 7.63. The molecular weight excluding hydrogens is 220 g/mol. The molecule has 0 amide bonds. The summed E-state index contributed by atoms with van der Waals surface area (Å²) in [6.07, 6.45) is 3.24. The molecule has 2 rings (SSSR count). The largest absolute Gasteiger partial charge is 0.328 e. The lowest BCUT2D eigenvalue weighted by Gasteiger charge is -2.35. The van der Waals surface area contributed by atoms with Crippen molar-refractivity contribution in [2.75, 3.05) is 0 Å². The third kappa shape index (κ3) is 3.21. The number of halogens is 1. The number of rotatable bonds is 4. The fourth-order valence-electron chi connectivity index (χ4n) is 2.28. The Morgan fingerprint density at radius 3 is 2.88 bits per heavy atom. The van der Waals surface area contributed by atoms with Crippen LogP contribution in [-0.2, 0) is 6.42 Å². The molecule has 0 saturated heterocycles. The maximum Gasteiger partial charge on any atom is 0.0408 e. The summed E-state index contributed by atoms with van der Waals surface area (Å²) in [5, 5.41) is 4.41. The molecule has 1 fully saturated rings. The highest BCUT2D eigenvalue weighted by molar-refractivity contribution is 6.30. The van der Waals surface area contributed by atoms with Crippen LogP contribution in [0.4, 0.5) is 0 Å². The molecule has 1 unspecified atom stereocenters. The van der Waals surface area contributed by atoms with E-state index >= 15 is 0 Å². The van der Waals surface area contributed by atoms with Gasteiger partial charge < -0.3 is 11.1 Å². The molecule has 0 heterocycles. The van der Waals surface area contributed by atoms with Gasteiger partial charge in [0.05, 0.1) is 0 Å². The Balaban J connectivity index is 1.80. The molecule has 1 aliphatic rings. The van der Waals surface area contributed by atoms with Crippen LogP contribution in [0.25, 0.3) is 0 Å². The van der Waals surface area contributed by atoms with Gasteiger partial charge in [0.15, 0.2) is 0 Å². The SMILES string of the molecule is CC(Cc1cccc(Cl)c1)NC1CC(N)C1. The fourth-order valence-corrected chi connectivity index (χ4v) is 2.49. The van der Waals surface area contributed by atoms with E-state index in [-0.39, 0.29) is 0 Å². The van der Waals surface area contributed by atoms with Crippen molar-refractivity contribution in [3.8, 4) is 0 Å². The van der Waals surface area contributed by atoms with Gasteiger partial charge in [-0.15, -0.1) is 0 Å². The Labute approximate surface area is 102 Å². The highest BCUT2D eigenvalue weighted by Crippen LogP contribution is 2.19. The number of benzene rings is 1. The van der Waals surface area contributed by atoms with Crippen LogP contribution in [0.3, 0.4) is 0 Å². The first kappa shape index (κ1) is 11.9. The lowest BCUT2D eigenvalue weighted by atomic mass is 9.87. The summed E-state index contributed by atoms with van der Waals surface area (Å²) < 4.78 is 0. The molecule has 0 bridgehead atoms. The maximum absolute atomic E-state index is 5.95. The van der Waals surface area contributed by atoms with Crippen molar-refractivity contribution in [2.24, 2.45) is 5.73 Å². The monoisotopic (exact) mass is 238 g/mol. The van der Waals surface area contributed by atoms with Crippen molar-refractivity contribution < 1.29 is 0 Å². The molecule has 3 heteroatoms. The Bertz CT molecular complexity index is 348. The number of nitrogens with one attached hydrogen (secondary N) is 1. The van der Waals surface area contributed by atoms with Crippen LogP contribution in [0.5, 0.6) is 0 Å². The molecule has 3 N–H and O–H groups in total. The Morgan fingerprint density at radius 1 is 1.50 bits per heavy atom. The third-order valence-electron chi connectivity index (χ3n) is 3.13. The van der Waals surface area contributed by atoms with Gasteiger partial charge in [0.1, 0.15) is 0 Å². The molecule has 16 heavy (non-hydrogen) atoms. The Morgan fingerprint density at radius 2 is 2.25 bits per heavy atom. The van der Waals surface area contributed by atoms with Crippen LogP contribution >= 0.6 is 11.6 Å².